The summed E-state index contributed by atoms with van der Waals surface area (Å²) in [6.45, 7) is 6.06. The molecule has 0 radical (unpaired) electrons. The van der Waals surface area contributed by atoms with Crippen molar-refractivity contribution >= 4 is 49.9 Å². The number of aliphatic imine (C=N–C) groups is 2. The smallest absolute Gasteiger partial charge is 0.226 e. The van der Waals surface area contributed by atoms with Crippen molar-refractivity contribution in [2.75, 3.05) is 6.61 Å². The van der Waals surface area contributed by atoms with E-state index in [1.165, 1.54) is 10.6 Å². The van der Waals surface area contributed by atoms with E-state index in [0.717, 1.165) is 14.5 Å². The number of hydroxylamine groups is 2. The van der Waals surface area contributed by atoms with Crippen LogP contribution in [0.25, 0.3) is 6.08 Å². The molecule has 4 N–H and O–H groups in total. The molecule has 124 valence electrons. The fourth-order valence-electron chi connectivity index (χ4n) is 2.10. The van der Waals surface area contributed by atoms with Gasteiger partial charge in [0.25, 0.3) is 0 Å². The lowest BCUT2D eigenvalue weighted by molar-refractivity contribution is -0.146. The molecule has 0 unspecified atom stereocenters. The number of guanidine groups is 2. The molecule has 8 heteroatoms. The number of benzene rings is 1. The molecule has 1 aliphatic heterocycles. The minimum absolute atomic E-state index is 0.149. The Labute approximate surface area is 152 Å². The van der Waals surface area contributed by atoms with Crippen LogP contribution in [0.5, 0.6) is 0 Å². The van der Waals surface area contributed by atoms with Gasteiger partial charge in [0, 0.05) is 8.95 Å². The van der Waals surface area contributed by atoms with Gasteiger partial charge in [0.15, 0.2) is 5.66 Å². The van der Waals surface area contributed by atoms with Crippen LogP contribution in [-0.4, -0.2) is 29.3 Å². The van der Waals surface area contributed by atoms with Gasteiger partial charge in [0.1, 0.15) is 0 Å². The maximum absolute atomic E-state index is 5.85. The first kappa shape index (κ1) is 18.0. The van der Waals surface area contributed by atoms with Gasteiger partial charge in [0.2, 0.25) is 11.9 Å². The second-order valence-electron chi connectivity index (χ2n) is 5.55. The topological polar surface area (TPSA) is 89.2 Å². The van der Waals surface area contributed by atoms with E-state index in [2.05, 4.69) is 47.9 Å². The van der Waals surface area contributed by atoms with Crippen molar-refractivity contribution in [1.29, 1.82) is 0 Å². The molecule has 0 saturated heterocycles. The van der Waals surface area contributed by atoms with Crippen LogP contribution in [0, 0.1) is 6.92 Å². The van der Waals surface area contributed by atoms with Crippen LogP contribution in [0.4, 0.5) is 0 Å². The van der Waals surface area contributed by atoms with E-state index in [0.29, 0.717) is 6.61 Å². The highest BCUT2D eigenvalue weighted by Gasteiger charge is 2.32. The molecule has 0 bridgehead atoms. The Morgan fingerprint density at radius 1 is 1.26 bits per heavy atom. The summed E-state index contributed by atoms with van der Waals surface area (Å²) in [7, 11) is 0. The van der Waals surface area contributed by atoms with Gasteiger partial charge >= 0.3 is 0 Å². The number of nitrogens with two attached hydrogens (primary N) is 2. The second-order valence-corrected chi connectivity index (χ2v) is 7.26. The first-order valence-corrected chi connectivity index (χ1v) is 8.54. The van der Waals surface area contributed by atoms with Crippen molar-refractivity contribution in [1.82, 2.24) is 5.06 Å². The Morgan fingerprint density at radius 2 is 1.96 bits per heavy atom. The van der Waals surface area contributed by atoms with Gasteiger partial charge in [-0.1, -0.05) is 44.0 Å². The Bertz CT molecular complexity index is 697. The molecule has 0 atom stereocenters. The molecule has 0 fully saturated rings. The number of halogens is 2. The maximum Gasteiger partial charge on any atom is 0.226 e. The zero-order valence-electron chi connectivity index (χ0n) is 13.2. The molecule has 0 spiro atoms. The largest absolute Gasteiger partial charge is 0.368 e. The third-order valence-corrected chi connectivity index (χ3v) is 4.74. The Hall–Kier alpha value is -1.38. The Balaban J connectivity index is 2.03. The molecule has 6 nitrogen and oxygen atoms in total. The number of rotatable bonds is 4. The molecule has 0 saturated carbocycles. The normalized spacial score (nSPS) is 17.3. The van der Waals surface area contributed by atoms with E-state index in [1.54, 1.807) is 0 Å². The summed E-state index contributed by atoms with van der Waals surface area (Å²) in [4.78, 5) is 13.8. The van der Waals surface area contributed by atoms with Gasteiger partial charge in [-0.2, -0.15) is 10.1 Å². The summed E-state index contributed by atoms with van der Waals surface area (Å²) in [5, 5.41) is 1.45. The van der Waals surface area contributed by atoms with E-state index in [4.69, 9.17) is 16.3 Å². The summed E-state index contributed by atoms with van der Waals surface area (Å²) >= 11 is 7.08. The standard InChI is InChI=1S/C15H19Br2N5O/c1-9-7-12(17)10(8-11(9)16)5-4-6-23-22-14(19)20-13(18)21-15(22,2)3/h4-5,7-8H,6H2,1-3H3,(H4,18,19,20,21)/b5-4+. The van der Waals surface area contributed by atoms with E-state index in [-0.39, 0.29) is 11.9 Å². The maximum atomic E-state index is 5.85. The predicted molar refractivity (Wildman–Crippen MR) is 101 cm³/mol. The summed E-state index contributed by atoms with van der Waals surface area (Å²) in [5.41, 5.74) is 13.0. The zero-order chi connectivity index (χ0) is 17.2. The van der Waals surface area contributed by atoms with Crippen LogP contribution in [0.2, 0.25) is 0 Å². The summed E-state index contributed by atoms with van der Waals surface area (Å²) < 4.78 is 2.07. The second kappa shape index (κ2) is 7.02. The van der Waals surface area contributed by atoms with Crippen molar-refractivity contribution in [2.24, 2.45) is 21.5 Å². The lowest BCUT2D eigenvalue weighted by atomic mass is 10.1. The monoisotopic (exact) mass is 443 g/mol. The fraction of sp³-hybridized carbons (Fsp3) is 0.333. The molecule has 2 rings (SSSR count). The highest BCUT2D eigenvalue weighted by atomic mass is 79.9. The quantitative estimate of drug-likeness (QED) is 0.746. The predicted octanol–water partition coefficient (Wildman–Crippen LogP) is 3.15. The highest BCUT2D eigenvalue weighted by molar-refractivity contribution is 9.11. The van der Waals surface area contributed by atoms with Crippen LogP contribution in [-0.2, 0) is 4.84 Å². The van der Waals surface area contributed by atoms with Gasteiger partial charge in [0.05, 0.1) is 6.61 Å². The summed E-state index contributed by atoms with van der Waals surface area (Å²) in [6.07, 6.45) is 3.86. The van der Waals surface area contributed by atoms with Crippen molar-refractivity contribution in [3.63, 3.8) is 0 Å². The minimum Gasteiger partial charge on any atom is -0.368 e. The summed E-state index contributed by atoms with van der Waals surface area (Å²) in [5.74, 6) is 0.339. The van der Waals surface area contributed by atoms with Gasteiger partial charge in [-0.25, -0.2) is 4.99 Å². The van der Waals surface area contributed by atoms with Crippen molar-refractivity contribution < 1.29 is 4.84 Å². The molecule has 1 aromatic rings. The molecule has 0 aromatic heterocycles. The Kier molecular flexibility index (Phi) is 5.49. The van der Waals surface area contributed by atoms with Crippen molar-refractivity contribution in [3.05, 3.63) is 38.3 Å². The molecule has 1 aliphatic rings. The minimum atomic E-state index is -0.697. The third-order valence-electron chi connectivity index (χ3n) is 3.20. The molecule has 23 heavy (non-hydrogen) atoms. The lowest BCUT2D eigenvalue weighted by Gasteiger charge is -2.36. The van der Waals surface area contributed by atoms with E-state index in [1.807, 2.05) is 39.0 Å². The van der Waals surface area contributed by atoms with Gasteiger partial charge in [-0.3, -0.25) is 4.84 Å². The van der Waals surface area contributed by atoms with Gasteiger partial charge < -0.3 is 11.5 Å². The molecule has 1 heterocycles. The van der Waals surface area contributed by atoms with E-state index in [9.17, 15) is 0 Å². The van der Waals surface area contributed by atoms with E-state index < -0.39 is 5.66 Å². The average Bonchev–Trinajstić information content (AvgIpc) is 2.41. The fourth-order valence-corrected chi connectivity index (χ4v) is 3.05. The van der Waals surface area contributed by atoms with Crippen molar-refractivity contribution in [2.45, 2.75) is 26.4 Å². The first-order valence-electron chi connectivity index (χ1n) is 6.95. The van der Waals surface area contributed by atoms with E-state index >= 15 is 0 Å². The lowest BCUT2D eigenvalue weighted by Crippen LogP contribution is -2.53. The van der Waals surface area contributed by atoms with Crippen LogP contribution >= 0.6 is 31.9 Å². The number of nitrogens with zero attached hydrogens (tertiary/aromatic N) is 3. The van der Waals surface area contributed by atoms with Gasteiger partial charge in [-0.15, -0.1) is 0 Å². The molecular weight excluding hydrogens is 426 g/mol. The number of hydrogen-bond acceptors (Lipinski definition) is 6. The first-order chi connectivity index (χ1) is 10.7. The highest BCUT2D eigenvalue weighted by Crippen LogP contribution is 2.26. The molecule has 1 aromatic carbocycles. The van der Waals surface area contributed by atoms with Crippen LogP contribution < -0.4 is 11.5 Å². The van der Waals surface area contributed by atoms with Crippen LogP contribution in [0.3, 0.4) is 0 Å². The molecular formula is C15H19Br2N5O. The molecule has 0 aliphatic carbocycles. The van der Waals surface area contributed by atoms with Crippen molar-refractivity contribution in [3.8, 4) is 0 Å². The average molecular weight is 445 g/mol. The Morgan fingerprint density at radius 3 is 2.61 bits per heavy atom. The summed E-state index contributed by atoms with van der Waals surface area (Å²) in [6, 6.07) is 4.10. The van der Waals surface area contributed by atoms with Crippen LogP contribution in [0.1, 0.15) is 25.0 Å². The SMILES string of the molecule is Cc1cc(Br)c(/C=C/CON2C(N)=NC(N)=NC2(C)C)cc1Br. The number of hydrogen-bond donors (Lipinski definition) is 2. The zero-order valence-corrected chi connectivity index (χ0v) is 16.3. The molecule has 0 amide bonds. The number of aryl methyl sites for hydroxylation is 1. The van der Waals surface area contributed by atoms with Gasteiger partial charge in [-0.05, 0) is 44.0 Å². The van der Waals surface area contributed by atoms with Crippen LogP contribution in [0.15, 0.2) is 37.1 Å². The third kappa shape index (κ3) is 4.33.